The number of methoxy groups -OCH3 is 1. The Morgan fingerprint density at radius 2 is 1.84 bits per heavy atom. The minimum absolute atomic E-state index is 0.00518. The van der Waals surface area contributed by atoms with E-state index in [9.17, 15) is 4.79 Å². The predicted octanol–water partition coefficient (Wildman–Crippen LogP) is 5.33. The molecule has 3 heterocycles. The van der Waals surface area contributed by atoms with Crippen LogP contribution in [0.25, 0.3) is 10.9 Å². The third-order valence-electron chi connectivity index (χ3n) is 6.17. The summed E-state index contributed by atoms with van der Waals surface area (Å²) in [4.78, 5) is 23.3. The minimum atomic E-state index is 0.00518. The first-order chi connectivity index (χ1) is 15.7. The van der Waals surface area contributed by atoms with Gasteiger partial charge in [0.2, 0.25) is 0 Å². The Bertz CT molecular complexity index is 1210. The van der Waals surface area contributed by atoms with Gasteiger partial charge < -0.3 is 19.9 Å². The van der Waals surface area contributed by atoms with Crippen molar-refractivity contribution in [2.24, 2.45) is 0 Å². The summed E-state index contributed by atoms with van der Waals surface area (Å²) in [6.07, 6.45) is 3.57. The van der Waals surface area contributed by atoms with Crippen LogP contribution in [0.5, 0.6) is 5.75 Å². The maximum atomic E-state index is 13.4. The molecule has 2 N–H and O–H groups in total. The highest BCUT2D eigenvalue weighted by atomic mass is 16.5. The first-order valence-electron chi connectivity index (χ1n) is 10.9. The van der Waals surface area contributed by atoms with Crippen LogP contribution < -0.4 is 10.1 Å². The molecule has 4 aromatic rings. The molecule has 2 aromatic carbocycles. The number of nitrogens with zero attached hydrogens (tertiary/aromatic N) is 2. The topological polar surface area (TPSA) is 70.2 Å². The second-order valence-electron chi connectivity index (χ2n) is 8.10. The van der Waals surface area contributed by atoms with Gasteiger partial charge in [0.25, 0.3) is 5.91 Å². The number of carbonyl (C=O) groups excluding carboxylic acids is 1. The molecule has 1 aliphatic rings. The zero-order valence-electron chi connectivity index (χ0n) is 18.0. The molecule has 0 aliphatic carbocycles. The molecular weight excluding hydrogens is 400 g/mol. The smallest absolute Gasteiger partial charge is 0.257 e. The van der Waals surface area contributed by atoms with E-state index in [1.807, 2.05) is 35.2 Å². The second-order valence-corrected chi connectivity index (χ2v) is 8.10. The van der Waals surface area contributed by atoms with E-state index < -0.39 is 0 Å². The largest absolute Gasteiger partial charge is 0.495 e. The monoisotopic (exact) mass is 426 g/mol. The van der Waals surface area contributed by atoms with Gasteiger partial charge in [-0.25, -0.2) is 4.98 Å². The number of para-hydroxylation sites is 3. The van der Waals surface area contributed by atoms with Crippen LogP contribution in [0.15, 0.2) is 72.9 Å². The molecule has 6 heteroatoms. The Hall–Kier alpha value is -3.80. The number of anilines is 2. The van der Waals surface area contributed by atoms with Crippen LogP contribution in [0.1, 0.15) is 34.8 Å². The van der Waals surface area contributed by atoms with Gasteiger partial charge in [0, 0.05) is 36.4 Å². The zero-order chi connectivity index (χ0) is 21.9. The van der Waals surface area contributed by atoms with E-state index in [1.165, 1.54) is 16.6 Å². The fourth-order valence-corrected chi connectivity index (χ4v) is 4.43. The van der Waals surface area contributed by atoms with E-state index in [-0.39, 0.29) is 5.91 Å². The van der Waals surface area contributed by atoms with E-state index in [0.29, 0.717) is 23.0 Å². The Kier molecular flexibility index (Phi) is 5.50. The van der Waals surface area contributed by atoms with E-state index >= 15 is 0 Å². The molecule has 0 unspecified atom stereocenters. The first kappa shape index (κ1) is 20.1. The molecule has 1 aliphatic heterocycles. The van der Waals surface area contributed by atoms with Crippen molar-refractivity contribution in [1.29, 1.82) is 0 Å². The third kappa shape index (κ3) is 3.91. The highest BCUT2D eigenvalue weighted by Crippen LogP contribution is 2.32. The van der Waals surface area contributed by atoms with Crippen molar-refractivity contribution in [2.45, 2.75) is 18.8 Å². The van der Waals surface area contributed by atoms with Crippen molar-refractivity contribution < 1.29 is 9.53 Å². The summed E-state index contributed by atoms with van der Waals surface area (Å²) < 4.78 is 5.42. The number of hydrogen-bond donors (Lipinski definition) is 2. The Morgan fingerprint density at radius 1 is 1.06 bits per heavy atom. The molecule has 0 atom stereocenters. The van der Waals surface area contributed by atoms with Crippen LogP contribution in [-0.4, -0.2) is 41.0 Å². The van der Waals surface area contributed by atoms with Crippen molar-refractivity contribution in [3.05, 3.63) is 84.2 Å². The number of likely N-dealkylation sites (tertiary alicyclic amines) is 1. The Morgan fingerprint density at radius 3 is 2.66 bits per heavy atom. The van der Waals surface area contributed by atoms with Crippen molar-refractivity contribution >= 4 is 28.3 Å². The molecule has 1 saturated heterocycles. The number of fused-ring (bicyclic) bond motifs is 1. The lowest BCUT2D eigenvalue weighted by Crippen LogP contribution is -2.38. The van der Waals surface area contributed by atoms with Gasteiger partial charge in [0.15, 0.2) is 0 Å². The summed E-state index contributed by atoms with van der Waals surface area (Å²) in [5.41, 5.74) is 3.78. The third-order valence-corrected chi connectivity index (χ3v) is 6.17. The van der Waals surface area contributed by atoms with Gasteiger partial charge in [0.05, 0.1) is 18.4 Å². The lowest BCUT2D eigenvalue weighted by Gasteiger charge is -2.32. The molecule has 6 nitrogen and oxygen atoms in total. The van der Waals surface area contributed by atoms with Gasteiger partial charge in [0.1, 0.15) is 11.6 Å². The summed E-state index contributed by atoms with van der Waals surface area (Å²) in [6, 6.07) is 21.8. The van der Waals surface area contributed by atoms with Gasteiger partial charge in [-0.1, -0.05) is 30.3 Å². The summed E-state index contributed by atoms with van der Waals surface area (Å²) in [5, 5.41) is 4.51. The van der Waals surface area contributed by atoms with E-state index in [0.717, 1.165) is 31.6 Å². The Labute approximate surface area is 187 Å². The van der Waals surface area contributed by atoms with Gasteiger partial charge in [-0.05, 0) is 54.6 Å². The minimum Gasteiger partial charge on any atom is -0.495 e. The maximum absolute atomic E-state index is 13.4. The molecule has 1 amide bonds. The number of hydrogen-bond acceptors (Lipinski definition) is 4. The molecule has 162 valence electrons. The summed E-state index contributed by atoms with van der Waals surface area (Å²) in [5.74, 6) is 1.69. The number of H-pyrrole nitrogens is 1. The number of pyridine rings is 1. The highest BCUT2D eigenvalue weighted by molar-refractivity contribution is 5.99. The highest BCUT2D eigenvalue weighted by Gasteiger charge is 2.27. The van der Waals surface area contributed by atoms with Crippen LogP contribution in [0.4, 0.5) is 11.5 Å². The number of aromatic amines is 1. The van der Waals surface area contributed by atoms with Crippen molar-refractivity contribution in [3.8, 4) is 5.75 Å². The van der Waals surface area contributed by atoms with Crippen molar-refractivity contribution in [2.75, 3.05) is 25.5 Å². The first-order valence-corrected chi connectivity index (χ1v) is 10.9. The molecule has 0 bridgehead atoms. The zero-order valence-corrected chi connectivity index (χ0v) is 18.0. The van der Waals surface area contributed by atoms with Crippen LogP contribution in [0.3, 0.4) is 0 Å². The number of ether oxygens (including phenoxy) is 1. The van der Waals surface area contributed by atoms with Crippen LogP contribution >= 0.6 is 0 Å². The summed E-state index contributed by atoms with van der Waals surface area (Å²) >= 11 is 0. The normalized spacial score (nSPS) is 14.5. The van der Waals surface area contributed by atoms with Gasteiger partial charge >= 0.3 is 0 Å². The molecule has 0 saturated carbocycles. The van der Waals surface area contributed by atoms with E-state index in [2.05, 4.69) is 45.6 Å². The lowest BCUT2D eigenvalue weighted by molar-refractivity contribution is 0.0713. The van der Waals surface area contributed by atoms with E-state index in [4.69, 9.17) is 4.74 Å². The number of rotatable bonds is 5. The average Bonchev–Trinajstić information content (AvgIpc) is 3.29. The van der Waals surface area contributed by atoms with Crippen LogP contribution in [-0.2, 0) is 0 Å². The van der Waals surface area contributed by atoms with Crippen molar-refractivity contribution in [3.63, 3.8) is 0 Å². The Balaban J connectivity index is 1.30. The molecule has 32 heavy (non-hydrogen) atoms. The SMILES string of the molecule is COc1ccccc1Nc1ncccc1C(=O)N1CCC(c2cc3ccccc3[nH]2)CC1. The predicted molar refractivity (Wildman–Crippen MR) is 127 cm³/mol. The van der Waals surface area contributed by atoms with Crippen LogP contribution in [0, 0.1) is 0 Å². The maximum Gasteiger partial charge on any atom is 0.257 e. The summed E-state index contributed by atoms with van der Waals surface area (Å²) in [6.45, 7) is 1.45. The van der Waals surface area contributed by atoms with Gasteiger partial charge in [-0.15, -0.1) is 0 Å². The summed E-state index contributed by atoms with van der Waals surface area (Å²) in [7, 11) is 1.63. The number of piperidine rings is 1. The number of carbonyl (C=O) groups is 1. The quantitative estimate of drug-likeness (QED) is 0.452. The fourth-order valence-electron chi connectivity index (χ4n) is 4.43. The number of aromatic nitrogens is 2. The lowest BCUT2D eigenvalue weighted by atomic mass is 9.93. The standard InChI is InChI=1S/C26H26N4O2/c1-32-24-11-5-4-10-22(24)29-25-20(8-6-14-27-25)26(31)30-15-12-18(13-16-30)23-17-19-7-2-3-9-21(19)28-23/h2-11,14,17-18,28H,12-13,15-16H2,1H3,(H,27,29). The van der Waals surface area contributed by atoms with Gasteiger partial charge in [-0.3, -0.25) is 4.79 Å². The molecule has 0 radical (unpaired) electrons. The van der Waals surface area contributed by atoms with Crippen LogP contribution in [0.2, 0.25) is 0 Å². The van der Waals surface area contributed by atoms with E-state index in [1.54, 1.807) is 19.4 Å². The molecule has 2 aromatic heterocycles. The number of benzene rings is 2. The fraction of sp³-hybridized carbons (Fsp3) is 0.231. The molecular formula is C26H26N4O2. The number of nitrogens with one attached hydrogen (secondary N) is 2. The average molecular weight is 427 g/mol. The van der Waals surface area contributed by atoms with Crippen molar-refractivity contribution in [1.82, 2.24) is 14.9 Å². The second kappa shape index (κ2) is 8.75. The van der Waals surface area contributed by atoms with Gasteiger partial charge in [-0.2, -0.15) is 0 Å². The number of amides is 1. The molecule has 1 fully saturated rings. The molecule has 0 spiro atoms. The molecule has 5 rings (SSSR count).